The fraction of sp³-hybridized carbons (Fsp3) is 0.750. The van der Waals surface area contributed by atoms with Gasteiger partial charge in [-0.1, -0.05) is 25.9 Å². The molecule has 2 heterocycles. The Balaban J connectivity index is 1.84. The molecule has 0 radical (unpaired) electrons. The highest BCUT2D eigenvalue weighted by Gasteiger charge is 2.27. The molecule has 1 aromatic heterocycles. The van der Waals surface area contributed by atoms with Crippen molar-refractivity contribution >= 4 is 11.9 Å². The largest absolute Gasteiger partial charge is 0.408 e. The lowest BCUT2D eigenvalue weighted by Gasteiger charge is -2.13. The van der Waals surface area contributed by atoms with E-state index in [1.165, 1.54) is 0 Å². The van der Waals surface area contributed by atoms with E-state index in [0.29, 0.717) is 18.4 Å². The number of carbonyl (C=O) groups is 1. The van der Waals surface area contributed by atoms with E-state index in [9.17, 15) is 4.79 Å². The Hall–Kier alpha value is -1.47. The maximum atomic E-state index is 11.8. The highest BCUT2D eigenvalue weighted by atomic mass is 16.4. The predicted octanol–water partition coefficient (Wildman–Crippen LogP) is 0.411. The molecule has 1 aliphatic heterocycles. The number of nitrogens with one attached hydrogen (secondary N) is 1. The van der Waals surface area contributed by atoms with Crippen LogP contribution < -0.4 is 11.1 Å². The van der Waals surface area contributed by atoms with Crippen molar-refractivity contribution < 1.29 is 9.21 Å². The zero-order valence-corrected chi connectivity index (χ0v) is 11.6. The molecule has 0 aromatic carbocycles. The molecule has 2 rings (SSSR count). The van der Waals surface area contributed by atoms with Crippen molar-refractivity contribution in [3.63, 3.8) is 0 Å². The molecule has 1 aliphatic rings. The quantitative estimate of drug-likeness (QED) is 0.820. The van der Waals surface area contributed by atoms with Crippen LogP contribution in [0.5, 0.6) is 0 Å². The Morgan fingerprint density at radius 2 is 2.26 bits per heavy atom. The van der Waals surface area contributed by atoms with Gasteiger partial charge in [0.05, 0.1) is 6.54 Å². The Kier molecular flexibility index (Phi) is 4.16. The van der Waals surface area contributed by atoms with Crippen LogP contribution in [-0.4, -0.2) is 46.7 Å². The highest BCUT2D eigenvalue weighted by Crippen LogP contribution is 2.16. The molecule has 3 N–H and O–H groups in total. The van der Waals surface area contributed by atoms with Crippen molar-refractivity contribution in [2.45, 2.75) is 32.7 Å². The van der Waals surface area contributed by atoms with Crippen LogP contribution in [0.4, 0.5) is 6.01 Å². The third-order valence-electron chi connectivity index (χ3n) is 3.29. The first-order valence-corrected chi connectivity index (χ1v) is 6.57. The maximum Gasteiger partial charge on any atom is 0.322 e. The number of amides is 1. The zero-order chi connectivity index (χ0) is 14.0. The molecule has 1 saturated heterocycles. The van der Waals surface area contributed by atoms with Gasteiger partial charge in [-0.2, -0.15) is 0 Å². The van der Waals surface area contributed by atoms with E-state index >= 15 is 0 Å². The van der Waals surface area contributed by atoms with Crippen LogP contribution in [0.2, 0.25) is 0 Å². The monoisotopic (exact) mass is 267 g/mol. The Bertz CT molecular complexity index is 435. The second kappa shape index (κ2) is 5.66. The van der Waals surface area contributed by atoms with Gasteiger partial charge in [-0.25, -0.2) is 0 Å². The fourth-order valence-corrected chi connectivity index (χ4v) is 2.10. The zero-order valence-electron chi connectivity index (χ0n) is 11.6. The van der Waals surface area contributed by atoms with Crippen molar-refractivity contribution in [2.24, 2.45) is 11.7 Å². The van der Waals surface area contributed by atoms with E-state index in [-0.39, 0.29) is 23.9 Å². The van der Waals surface area contributed by atoms with E-state index in [0.717, 1.165) is 13.1 Å². The van der Waals surface area contributed by atoms with Crippen molar-refractivity contribution in [3.8, 4) is 0 Å². The van der Waals surface area contributed by atoms with Gasteiger partial charge < -0.3 is 10.2 Å². The lowest BCUT2D eigenvalue weighted by molar-refractivity contribution is -0.117. The molecule has 0 spiro atoms. The molecule has 106 valence electrons. The fourth-order valence-electron chi connectivity index (χ4n) is 2.10. The molecule has 7 nitrogen and oxygen atoms in total. The van der Waals surface area contributed by atoms with E-state index < -0.39 is 0 Å². The van der Waals surface area contributed by atoms with Gasteiger partial charge in [0.25, 0.3) is 0 Å². The van der Waals surface area contributed by atoms with Crippen LogP contribution in [0.1, 0.15) is 32.6 Å². The number of anilines is 1. The topological polar surface area (TPSA) is 97.3 Å². The summed E-state index contributed by atoms with van der Waals surface area (Å²) in [7, 11) is 0. The smallest absolute Gasteiger partial charge is 0.322 e. The minimum atomic E-state index is -0.153. The molecule has 2 atom stereocenters. The Morgan fingerprint density at radius 1 is 1.53 bits per heavy atom. The van der Waals surface area contributed by atoms with Gasteiger partial charge in [-0.05, 0) is 5.92 Å². The van der Waals surface area contributed by atoms with E-state index in [1.54, 1.807) is 0 Å². The first kappa shape index (κ1) is 14.0. The van der Waals surface area contributed by atoms with Gasteiger partial charge in [-0.3, -0.25) is 15.0 Å². The second-order valence-electron chi connectivity index (χ2n) is 5.48. The lowest BCUT2D eigenvalue weighted by Crippen LogP contribution is -2.33. The number of hydrogen-bond donors (Lipinski definition) is 2. The third-order valence-corrected chi connectivity index (χ3v) is 3.29. The number of nitrogens with zero attached hydrogens (tertiary/aromatic N) is 3. The van der Waals surface area contributed by atoms with Crippen LogP contribution in [0.3, 0.4) is 0 Å². The summed E-state index contributed by atoms with van der Waals surface area (Å²) < 4.78 is 5.33. The van der Waals surface area contributed by atoms with Crippen LogP contribution in [0.15, 0.2) is 4.42 Å². The van der Waals surface area contributed by atoms with Crippen LogP contribution in [0.25, 0.3) is 0 Å². The van der Waals surface area contributed by atoms with E-state index in [1.807, 2.05) is 18.7 Å². The van der Waals surface area contributed by atoms with Crippen molar-refractivity contribution in [2.75, 3.05) is 25.0 Å². The summed E-state index contributed by atoms with van der Waals surface area (Å²) in [6, 6.07) is 0.300. The molecular formula is C12H21N5O2. The Labute approximate surface area is 112 Å². The van der Waals surface area contributed by atoms with Gasteiger partial charge in [-0.15, -0.1) is 5.10 Å². The van der Waals surface area contributed by atoms with Gasteiger partial charge in [0.2, 0.25) is 11.8 Å². The summed E-state index contributed by atoms with van der Waals surface area (Å²) in [4.78, 5) is 13.9. The molecule has 0 bridgehead atoms. The van der Waals surface area contributed by atoms with E-state index in [2.05, 4.69) is 22.4 Å². The normalized spacial score (nSPS) is 24.1. The average molecular weight is 267 g/mol. The first-order valence-electron chi connectivity index (χ1n) is 6.57. The molecule has 19 heavy (non-hydrogen) atoms. The number of aromatic nitrogens is 2. The molecule has 1 fully saturated rings. The summed E-state index contributed by atoms with van der Waals surface area (Å²) in [6.45, 7) is 7.89. The van der Waals surface area contributed by atoms with Crippen molar-refractivity contribution in [3.05, 3.63) is 5.89 Å². The molecular weight excluding hydrogens is 246 g/mol. The number of nitrogens with two attached hydrogens (primary N) is 1. The number of hydrogen-bond acceptors (Lipinski definition) is 6. The predicted molar refractivity (Wildman–Crippen MR) is 70.6 cm³/mol. The minimum Gasteiger partial charge on any atom is -0.408 e. The lowest BCUT2D eigenvalue weighted by atomic mass is 10.1. The summed E-state index contributed by atoms with van der Waals surface area (Å²) in [6.07, 6.45) is 0. The van der Waals surface area contributed by atoms with Gasteiger partial charge in [0, 0.05) is 25.0 Å². The van der Waals surface area contributed by atoms with Crippen molar-refractivity contribution in [1.29, 1.82) is 0 Å². The summed E-state index contributed by atoms with van der Waals surface area (Å²) in [5, 5.41) is 10.3. The summed E-state index contributed by atoms with van der Waals surface area (Å²) in [5.41, 5.74) is 5.92. The van der Waals surface area contributed by atoms with Crippen LogP contribution in [-0.2, 0) is 4.79 Å². The molecule has 2 unspecified atom stereocenters. The van der Waals surface area contributed by atoms with E-state index in [4.69, 9.17) is 10.2 Å². The summed E-state index contributed by atoms with van der Waals surface area (Å²) in [5.74, 6) is 0.937. The number of likely N-dealkylation sites (tertiary alicyclic amines) is 1. The third kappa shape index (κ3) is 3.51. The van der Waals surface area contributed by atoms with Crippen molar-refractivity contribution in [1.82, 2.24) is 15.1 Å². The molecule has 0 saturated carbocycles. The van der Waals surface area contributed by atoms with Crippen LogP contribution in [0, 0.1) is 5.92 Å². The molecule has 1 amide bonds. The standard InChI is InChI=1S/C12H21N5O2/c1-7(2)11-15-16-12(19-11)14-10(18)6-17-4-8(3)9(13)5-17/h7-9H,4-6,13H2,1-3H3,(H,14,16,18). The SMILES string of the molecule is CC(C)c1nnc(NC(=O)CN2CC(C)C(N)C2)o1. The number of rotatable bonds is 4. The average Bonchev–Trinajstić information content (AvgIpc) is 2.87. The molecule has 1 aromatic rings. The maximum absolute atomic E-state index is 11.8. The van der Waals surface area contributed by atoms with Crippen LogP contribution >= 0.6 is 0 Å². The number of carbonyl (C=O) groups excluding carboxylic acids is 1. The minimum absolute atomic E-state index is 0.142. The molecule has 7 heteroatoms. The highest BCUT2D eigenvalue weighted by molar-refractivity contribution is 5.90. The first-order chi connectivity index (χ1) is 8.95. The van der Waals surface area contributed by atoms with Gasteiger partial charge in [0.1, 0.15) is 0 Å². The van der Waals surface area contributed by atoms with Gasteiger partial charge >= 0.3 is 6.01 Å². The summed E-state index contributed by atoms with van der Waals surface area (Å²) >= 11 is 0. The Morgan fingerprint density at radius 3 is 2.79 bits per heavy atom. The van der Waals surface area contributed by atoms with Gasteiger partial charge in [0.15, 0.2) is 0 Å². The molecule has 0 aliphatic carbocycles. The second-order valence-corrected chi connectivity index (χ2v) is 5.48.